The Morgan fingerprint density at radius 2 is 1.95 bits per heavy atom. The zero-order valence-electron chi connectivity index (χ0n) is 11.5. The predicted molar refractivity (Wildman–Crippen MR) is 77.4 cm³/mol. The molecule has 1 aromatic carbocycles. The first-order chi connectivity index (χ1) is 10.2. The number of carboxylic acids is 1. The second kappa shape index (κ2) is 7.23. The van der Waals surface area contributed by atoms with Gasteiger partial charge in [0.15, 0.2) is 0 Å². The normalized spacial score (nSPS) is 10.3. The van der Waals surface area contributed by atoms with Gasteiger partial charge in [-0.1, -0.05) is 0 Å². The van der Waals surface area contributed by atoms with E-state index in [9.17, 15) is 9.59 Å². The van der Waals surface area contributed by atoms with Crippen LogP contribution in [0.25, 0.3) is 5.69 Å². The van der Waals surface area contributed by atoms with Crippen molar-refractivity contribution in [3.8, 4) is 5.69 Å². The third-order valence-corrected chi connectivity index (χ3v) is 3.04. The van der Waals surface area contributed by atoms with Crippen LogP contribution in [0.2, 0.25) is 0 Å². The van der Waals surface area contributed by atoms with Gasteiger partial charge in [0.05, 0.1) is 6.33 Å². The molecule has 2 N–H and O–H groups in total. The van der Waals surface area contributed by atoms with Crippen LogP contribution >= 0.6 is 0 Å². The van der Waals surface area contributed by atoms with Crippen molar-refractivity contribution in [1.29, 1.82) is 0 Å². The van der Waals surface area contributed by atoms with Gasteiger partial charge >= 0.3 is 5.97 Å². The van der Waals surface area contributed by atoms with Gasteiger partial charge < -0.3 is 15.0 Å². The minimum atomic E-state index is -0.809. The summed E-state index contributed by atoms with van der Waals surface area (Å²) in [7, 11) is 0. The molecule has 1 heterocycles. The van der Waals surface area contributed by atoms with Crippen LogP contribution in [0.5, 0.6) is 0 Å². The highest BCUT2D eigenvalue weighted by atomic mass is 16.4. The molecule has 0 saturated carbocycles. The lowest BCUT2D eigenvalue weighted by molar-refractivity contribution is -0.137. The molecule has 0 unspecified atom stereocenters. The highest BCUT2D eigenvalue weighted by Gasteiger charge is 2.05. The SMILES string of the molecule is O=C(O)CCCCNC(=O)c1ccc(-n2ccnc2)cc1. The van der Waals surface area contributed by atoms with E-state index in [1.165, 1.54) is 0 Å². The summed E-state index contributed by atoms with van der Waals surface area (Å²) in [6.45, 7) is 0.482. The van der Waals surface area contributed by atoms with E-state index in [1.807, 2.05) is 22.9 Å². The Labute approximate surface area is 122 Å². The van der Waals surface area contributed by atoms with Crippen LogP contribution in [0.15, 0.2) is 43.0 Å². The molecule has 0 atom stereocenters. The van der Waals surface area contributed by atoms with Gasteiger partial charge in [-0.2, -0.15) is 0 Å². The number of carbonyl (C=O) groups excluding carboxylic acids is 1. The Kier molecular flexibility index (Phi) is 5.09. The van der Waals surface area contributed by atoms with Crippen molar-refractivity contribution in [2.75, 3.05) is 6.54 Å². The average Bonchev–Trinajstić information content (AvgIpc) is 3.01. The molecule has 0 saturated heterocycles. The molecule has 2 rings (SSSR count). The first kappa shape index (κ1) is 14.8. The van der Waals surface area contributed by atoms with Crippen molar-refractivity contribution < 1.29 is 14.7 Å². The highest BCUT2D eigenvalue weighted by Crippen LogP contribution is 2.09. The Morgan fingerprint density at radius 1 is 1.19 bits per heavy atom. The van der Waals surface area contributed by atoms with Gasteiger partial charge in [0, 0.05) is 36.6 Å². The van der Waals surface area contributed by atoms with Crippen molar-refractivity contribution in [3.63, 3.8) is 0 Å². The highest BCUT2D eigenvalue weighted by molar-refractivity contribution is 5.94. The number of hydrogen-bond acceptors (Lipinski definition) is 3. The number of carboxylic acid groups (broad SMARTS) is 1. The summed E-state index contributed by atoms with van der Waals surface area (Å²) in [6.07, 6.45) is 6.57. The number of amides is 1. The van der Waals surface area contributed by atoms with Crippen LogP contribution in [0.1, 0.15) is 29.6 Å². The fourth-order valence-corrected chi connectivity index (χ4v) is 1.90. The Hall–Kier alpha value is -2.63. The topological polar surface area (TPSA) is 84.2 Å². The summed E-state index contributed by atoms with van der Waals surface area (Å²) >= 11 is 0. The number of nitrogens with one attached hydrogen (secondary N) is 1. The Balaban J connectivity index is 1.81. The van der Waals surface area contributed by atoms with E-state index < -0.39 is 5.97 Å². The number of benzene rings is 1. The van der Waals surface area contributed by atoms with E-state index in [1.54, 1.807) is 24.7 Å². The van der Waals surface area contributed by atoms with Gasteiger partial charge in [-0.3, -0.25) is 9.59 Å². The molecule has 6 heteroatoms. The zero-order valence-corrected chi connectivity index (χ0v) is 11.5. The second-order valence-corrected chi connectivity index (χ2v) is 4.62. The van der Waals surface area contributed by atoms with Gasteiger partial charge in [0.1, 0.15) is 0 Å². The third kappa shape index (κ3) is 4.45. The van der Waals surface area contributed by atoms with Crippen LogP contribution in [0.4, 0.5) is 0 Å². The van der Waals surface area contributed by atoms with Crippen molar-refractivity contribution in [3.05, 3.63) is 48.5 Å². The van der Waals surface area contributed by atoms with Crippen LogP contribution in [-0.2, 0) is 4.79 Å². The fraction of sp³-hybridized carbons (Fsp3) is 0.267. The molecule has 0 aliphatic carbocycles. The number of rotatable bonds is 7. The third-order valence-electron chi connectivity index (χ3n) is 3.04. The van der Waals surface area contributed by atoms with Crippen LogP contribution in [0.3, 0.4) is 0 Å². The van der Waals surface area contributed by atoms with Gasteiger partial charge in [0.25, 0.3) is 5.91 Å². The van der Waals surface area contributed by atoms with Crippen molar-refractivity contribution in [1.82, 2.24) is 14.9 Å². The summed E-state index contributed by atoms with van der Waals surface area (Å²) in [6, 6.07) is 7.20. The molecule has 0 aliphatic heterocycles. The monoisotopic (exact) mass is 287 g/mol. The zero-order chi connectivity index (χ0) is 15.1. The molecule has 0 radical (unpaired) electrons. The molecule has 21 heavy (non-hydrogen) atoms. The second-order valence-electron chi connectivity index (χ2n) is 4.62. The number of carbonyl (C=O) groups is 2. The summed E-state index contributed by atoms with van der Waals surface area (Å²) in [5, 5.41) is 11.3. The number of imidazole rings is 1. The number of aliphatic carboxylic acids is 1. The van der Waals surface area contributed by atoms with E-state index >= 15 is 0 Å². The van der Waals surface area contributed by atoms with Crippen LogP contribution < -0.4 is 5.32 Å². The first-order valence-corrected chi connectivity index (χ1v) is 6.75. The maximum Gasteiger partial charge on any atom is 0.303 e. The van der Waals surface area contributed by atoms with E-state index in [2.05, 4.69) is 10.3 Å². The summed E-state index contributed by atoms with van der Waals surface area (Å²) in [5.74, 6) is -0.959. The molecule has 1 amide bonds. The summed E-state index contributed by atoms with van der Waals surface area (Å²) < 4.78 is 1.85. The molecule has 1 aromatic heterocycles. The van der Waals surface area contributed by atoms with Gasteiger partial charge in [0.2, 0.25) is 0 Å². The maximum absolute atomic E-state index is 11.9. The lowest BCUT2D eigenvalue weighted by atomic mass is 10.2. The molecular weight excluding hydrogens is 270 g/mol. The summed E-state index contributed by atoms with van der Waals surface area (Å²) in [4.78, 5) is 26.2. The maximum atomic E-state index is 11.9. The molecule has 2 aromatic rings. The minimum absolute atomic E-state index is 0.134. The van der Waals surface area contributed by atoms with Crippen LogP contribution in [0, 0.1) is 0 Å². The molecular formula is C15H17N3O3. The molecule has 6 nitrogen and oxygen atoms in total. The standard InChI is InChI=1S/C15H17N3O3/c19-14(20)3-1-2-8-17-15(21)12-4-6-13(7-5-12)18-10-9-16-11-18/h4-7,9-11H,1-3,8H2,(H,17,21)(H,19,20). The average molecular weight is 287 g/mol. The molecule has 110 valence electrons. The predicted octanol–water partition coefficient (Wildman–Crippen LogP) is 1.86. The molecule has 0 aliphatic rings. The van der Waals surface area contributed by atoms with Gasteiger partial charge in [-0.15, -0.1) is 0 Å². The van der Waals surface area contributed by atoms with Crippen molar-refractivity contribution in [2.45, 2.75) is 19.3 Å². The van der Waals surface area contributed by atoms with Crippen molar-refractivity contribution >= 4 is 11.9 Å². The Morgan fingerprint density at radius 3 is 2.57 bits per heavy atom. The number of aromatic nitrogens is 2. The van der Waals surface area contributed by atoms with E-state index in [4.69, 9.17) is 5.11 Å². The van der Waals surface area contributed by atoms with Gasteiger partial charge in [-0.25, -0.2) is 4.98 Å². The molecule has 0 fully saturated rings. The number of unbranched alkanes of at least 4 members (excludes halogenated alkanes) is 1. The first-order valence-electron chi connectivity index (χ1n) is 6.75. The van der Waals surface area contributed by atoms with E-state index in [0.29, 0.717) is 24.9 Å². The number of nitrogens with zero attached hydrogens (tertiary/aromatic N) is 2. The largest absolute Gasteiger partial charge is 0.481 e. The quantitative estimate of drug-likeness (QED) is 0.761. The minimum Gasteiger partial charge on any atom is -0.481 e. The lowest BCUT2D eigenvalue weighted by Gasteiger charge is -2.06. The Bertz CT molecular complexity index is 591. The summed E-state index contributed by atoms with van der Waals surface area (Å²) in [5.41, 5.74) is 1.52. The lowest BCUT2D eigenvalue weighted by Crippen LogP contribution is -2.24. The number of hydrogen-bond donors (Lipinski definition) is 2. The van der Waals surface area contributed by atoms with E-state index in [-0.39, 0.29) is 12.3 Å². The molecule has 0 spiro atoms. The molecule has 0 bridgehead atoms. The van der Waals surface area contributed by atoms with Crippen molar-refractivity contribution in [2.24, 2.45) is 0 Å². The fourth-order valence-electron chi connectivity index (χ4n) is 1.90. The van der Waals surface area contributed by atoms with E-state index in [0.717, 1.165) is 5.69 Å². The van der Waals surface area contributed by atoms with Crippen LogP contribution in [-0.4, -0.2) is 33.1 Å². The van der Waals surface area contributed by atoms with Gasteiger partial charge in [-0.05, 0) is 37.1 Å². The smallest absolute Gasteiger partial charge is 0.303 e.